The fourth-order valence-corrected chi connectivity index (χ4v) is 5.81. The Morgan fingerprint density at radius 3 is 1.57 bits per heavy atom. The second-order valence-corrected chi connectivity index (χ2v) is 12.7. The number of thioether (sulfide) groups is 1. The van der Waals surface area contributed by atoms with Crippen LogP contribution in [0.3, 0.4) is 0 Å². The van der Waals surface area contributed by atoms with Crippen LogP contribution in [0.4, 0.5) is 0 Å². The Balaban J connectivity index is 5.29. The minimum atomic E-state index is -0.869. The van der Waals surface area contributed by atoms with Crippen molar-refractivity contribution in [2.45, 2.75) is 117 Å². The first kappa shape index (κ1) is 43.8. The van der Waals surface area contributed by atoms with Crippen LogP contribution in [0.1, 0.15) is 92.4 Å². The number of hydrogen-bond acceptors (Lipinski definition) is 9. The average Bonchev–Trinajstić information content (AvgIpc) is 3.01. The van der Waals surface area contributed by atoms with Gasteiger partial charge < -0.3 is 43.0 Å². The van der Waals surface area contributed by atoms with Gasteiger partial charge in [0, 0.05) is 18.1 Å². The van der Waals surface area contributed by atoms with E-state index in [1.807, 2.05) is 20.8 Å². The normalized spacial score (nSPS) is 13.8. The van der Waals surface area contributed by atoms with Crippen molar-refractivity contribution in [3.63, 3.8) is 0 Å². The van der Waals surface area contributed by atoms with E-state index in [-0.39, 0.29) is 17.9 Å². The van der Waals surface area contributed by atoms with Crippen molar-refractivity contribution >= 4 is 35.4 Å². The highest BCUT2D eigenvalue weighted by Crippen LogP contribution is 2.10. The molecule has 0 bridgehead atoms. The van der Waals surface area contributed by atoms with E-state index < -0.39 is 29.9 Å². The van der Waals surface area contributed by atoms with Crippen LogP contribution in [0.5, 0.6) is 0 Å². The standard InChI is InChI=1S/C33H66N8O4S/c1-7-35-20-14-11-17-26(37-9-3)31(43)39-22-16-13-19-28(33(45)41-29(30(34)42)24-46-23-25(5)6)40-32(44)27(38-10-4)18-12-15-21-36-8-2/h26-29,35-38H,5,7-24H2,1-4,6H3,(H2,34,42)(H,39,43)(H,40,44)(H,41,45). The lowest BCUT2D eigenvalue weighted by Crippen LogP contribution is -2.56. The first-order valence-corrected chi connectivity index (χ1v) is 18.5. The monoisotopic (exact) mass is 670 g/mol. The molecule has 12 nitrogen and oxygen atoms in total. The smallest absolute Gasteiger partial charge is 0.243 e. The number of nitrogens with two attached hydrogens (primary N) is 1. The Bertz CT molecular complexity index is 864. The van der Waals surface area contributed by atoms with Crippen LogP contribution in [0.25, 0.3) is 0 Å². The van der Waals surface area contributed by atoms with Crippen molar-refractivity contribution < 1.29 is 19.2 Å². The molecule has 0 radical (unpaired) electrons. The topological polar surface area (TPSA) is 179 Å². The van der Waals surface area contributed by atoms with Gasteiger partial charge in [-0.15, -0.1) is 0 Å². The quantitative estimate of drug-likeness (QED) is 0.0402. The summed E-state index contributed by atoms with van der Waals surface area (Å²) in [6.45, 7) is 19.3. The number of hydrogen-bond donors (Lipinski definition) is 8. The first-order valence-electron chi connectivity index (χ1n) is 17.4. The summed E-state index contributed by atoms with van der Waals surface area (Å²) in [5.41, 5.74) is 6.56. The van der Waals surface area contributed by atoms with Crippen LogP contribution in [0.2, 0.25) is 0 Å². The Morgan fingerprint density at radius 1 is 0.630 bits per heavy atom. The van der Waals surface area contributed by atoms with E-state index in [1.165, 1.54) is 11.8 Å². The molecule has 0 saturated heterocycles. The average molecular weight is 671 g/mol. The van der Waals surface area contributed by atoms with Gasteiger partial charge in [-0.3, -0.25) is 19.2 Å². The van der Waals surface area contributed by atoms with Crippen LogP contribution in [0.15, 0.2) is 12.2 Å². The molecule has 268 valence electrons. The van der Waals surface area contributed by atoms with Crippen LogP contribution >= 0.6 is 11.8 Å². The summed E-state index contributed by atoms with van der Waals surface area (Å²) in [4.78, 5) is 51.7. The third kappa shape index (κ3) is 22.4. The van der Waals surface area contributed by atoms with Gasteiger partial charge in [0.1, 0.15) is 12.1 Å². The fraction of sp³-hybridized carbons (Fsp3) is 0.818. The highest BCUT2D eigenvalue weighted by molar-refractivity contribution is 7.99. The zero-order chi connectivity index (χ0) is 34.6. The van der Waals surface area contributed by atoms with E-state index in [9.17, 15) is 19.2 Å². The lowest BCUT2D eigenvalue weighted by molar-refractivity contribution is -0.132. The number of carbonyl (C=O) groups is 4. The predicted octanol–water partition coefficient (Wildman–Crippen LogP) is 1.55. The summed E-state index contributed by atoms with van der Waals surface area (Å²) in [5, 5.41) is 21.8. The van der Waals surface area contributed by atoms with Gasteiger partial charge in [-0.1, -0.05) is 52.7 Å². The van der Waals surface area contributed by atoms with E-state index in [0.29, 0.717) is 56.8 Å². The molecule has 0 aromatic heterocycles. The van der Waals surface area contributed by atoms with Crippen LogP contribution < -0.4 is 43.0 Å². The molecule has 0 aliphatic heterocycles. The second kappa shape index (κ2) is 29.0. The summed E-state index contributed by atoms with van der Waals surface area (Å²) < 4.78 is 0. The van der Waals surface area contributed by atoms with Crippen molar-refractivity contribution in [2.75, 3.05) is 57.3 Å². The summed E-state index contributed by atoms with van der Waals surface area (Å²) in [6, 6.07) is -2.38. The largest absolute Gasteiger partial charge is 0.368 e. The number of amides is 4. The Morgan fingerprint density at radius 2 is 1.09 bits per heavy atom. The summed E-state index contributed by atoms with van der Waals surface area (Å²) >= 11 is 1.47. The Hall–Kier alpha value is -2.19. The van der Waals surface area contributed by atoms with Gasteiger partial charge in [0.2, 0.25) is 23.6 Å². The molecule has 0 spiro atoms. The van der Waals surface area contributed by atoms with Gasteiger partial charge in [0.05, 0.1) is 12.1 Å². The molecule has 46 heavy (non-hydrogen) atoms. The van der Waals surface area contributed by atoms with E-state index in [0.717, 1.165) is 63.9 Å². The molecule has 0 aliphatic rings. The maximum atomic E-state index is 13.4. The second-order valence-electron chi connectivity index (χ2n) is 11.7. The molecule has 4 amide bonds. The Labute approximate surface area is 283 Å². The molecule has 0 aliphatic carbocycles. The van der Waals surface area contributed by atoms with Crippen molar-refractivity contribution in [3.05, 3.63) is 12.2 Å². The summed E-state index contributed by atoms with van der Waals surface area (Å²) in [5.74, 6) is -0.369. The third-order valence-electron chi connectivity index (χ3n) is 7.37. The number of unbranched alkanes of at least 4 members (excludes halogenated alkanes) is 3. The first-order chi connectivity index (χ1) is 22.1. The van der Waals surface area contributed by atoms with E-state index in [2.05, 4.69) is 57.6 Å². The van der Waals surface area contributed by atoms with E-state index in [1.54, 1.807) is 0 Å². The molecule has 0 aromatic carbocycles. The number of likely N-dealkylation sites (N-methyl/N-ethyl adjacent to an activating group) is 2. The summed E-state index contributed by atoms with van der Waals surface area (Å²) in [7, 11) is 0. The SMILES string of the molecule is C=C(C)CSCC(NC(=O)C(CCCCNC(=O)C(CCCCNCC)NCC)NC(=O)C(CCCCNCC)NCC)C(N)=O. The highest BCUT2D eigenvalue weighted by Gasteiger charge is 2.28. The van der Waals surface area contributed by atoms with Gasteiger partial charge in [0.15, 0.2) is 0 Å². The van der Waals surface area contributed by atoms with Gasteiger partial charge in [-0.25, -0.2) is 0 Å². The highest BCUT2D eigenvalue weighted by atomic mass is 32.2. The molecule has 0 saturated carbocycles. The lowest BCUT2D eigenvalue weighted by Gasteiger charge is -2.25. The molecule has 4 atom stereocenters. The van der Waals surface area contributed by atoms with Gasteiger partial charge in [-0.2, -0.15) is 11.8 Å². The van der Waals surface area contributed by atoms with Gasteiger partial charge in [0.25, 0.3) is 0 Å². The number of carbonyl (C=O) groups excluding carboxylic acids is 4. The fourth-order valence-electron chi connectivity index (χ4n) is 4.86. The molecular weight excluding hydrogens is 604 g/mol. The zero-order valence-electron chi connectivity index (χ0n) is 29.4. The van der Waals surface area contributed by atoms with Crippen molar-refractivity contribution in [3.8, 4) is 0 Å². The van der Waals surface area contributed by atoms with Gasteiger partial charge in [-0.05, 0) is 91.1 Å². The van der Waals surface area contributed by atoms with Crippen molar-refractivity contribution in [1.29, 1.82) is 0 Å². The molecule has 9 N–H and O–H groups in total. The number of rotatable bonds is 31. The molecule has 0 aromatic rings. The molecule has 0 rings (SSSR count). The minimum Gasteiger partial charge on any atom is -0.368 e. The number of nitrogens with one attached hydrogen (secondary N) is 7. The maximum absolute atomic E-state index is 13.4. The maximum Gasteiger partial charge on any atom is 0.243 e. The summed E-state index contributed by atoms with van der Waals surface area (Å²) in [6.07, 6.45) is 6.79. The third-order valence-corrected chi connectivity index (χ3v) is 8.64. The van der Waals surface area contributed by atoms with E-state index in [4.69, 9.17) is 5.73 Å². The van der Waals surface area contributed by atoms with Crippen LogP contribution in [-0.2, 0) is 19.2 Å². The molecule has 4 unspecified atom stereocenters. The minimum absolute atomic E-state index is 0.0212. The molecular formula is C33H66N8O4S. The van der Waals surface area contributed by atoms with Crippen molar-refractivity contribution in [1.82, 2.24) is 37.2 Å². The van der Waals surface area contributed by atoms with E-state index >= 15 is 0 Å². The van der Waals surface area contributed by atoms with Gasteiger partial charge >= 0.3 is 0 Å². The van der Waals surface area contributed by atoms with Crippen LogP contribution in [0, 0.1) is 0 Å². The molecule has 0 fully saturated rings. The zero-order valence-corrected chi connectivity index (χ0v) is 30.2. The lowest BCUT2D eigenvalue weighted by atomic mass is 10.0. The van der Waals surface area contributed by atoms with Crippen molar-refractivity contribution in [2.24, 2.45) is 5.73 Å². The predicted molar refractivity (Wildman–Crippen MR) is 192 cm³/mol. The van der Waals surface area contributed by atoms with Crippen LogP contribution in [-0.4, -0.2) is 105 Å². The number of primary amides is 1. The Kier molecular flexibility index (Phi) is 27.6. The molecule has 13 heteroatoms. The molecule has 0 heterocycles.